The molecule has 0 spiro atoms. The fourth-order valence-electron chi connectivity index (χ4n) is 1.41. The number of rotatable bonds is 5. The van der Waals surface area contributed by atoms with E-state index >= 15 is 0 Å². The smallest absolute Gasteiger partial charge is 0.338 e. The molecule has 0 aliphatic rings. The summed E-state index contributed by atoms with van der Waals surface area (Å²) in [4.78, 5) is 11.2. The van der Waals surface area contributed by atoms with Crippen LogP contribution >= 0.6 is 0 Å². The topological polar surface area (TPSA) is 58.6 Å². The van der Waals surface area contributed by atoms with Gasteiger partial charge in [0.05, 0.1) is 7.11 Å². The van der Waals surface area contributed by atoms with Gasteiger partial charge in [0.15, 0.2) is 5.60 Å². The molecule has 0 saturated carbocycles. The summed E-state index contributed by atoms with van der Waals surface area (Å²) >= 11 is 0. The van der Waals surface area contributed by atoms with Gasteiger partial charge >= 0.3 is 5.97 Å². The molecule has 18 heavy (non-hydrogen) atoms. The molecule has 6 heteroatoms. The number of ether oxygens (including phenoxy) is 1. The summed E-state index contributed by atoms with van der Waals surface area (Å²) < 4.78 is 30.5. The van der Waals surface area contributed by atoms with Gasteiger partial charge in [0, 0.05) is 18.7 Å². The van der Waals surface area contributed by atoms with Crippen molar-refractivity contribution in [3.63, 3.8) is 0 Å². The Kier molecular flexibility index (Phi) is 4.75. The maximum atomic E-state index is 13.3. The Bertz CT molecular complexity index is 435. The molecule has 0 heterocycles. The van der Waals surface area contributed by atoms with Crippen LogP contribution in [0.2, 0.25) is 0 Å². The second-order valence-electron chi connectivity index (χ2n) is 4.10. The number of methoxy groups -OCH3 is 1. The highest BCUT2D eigenvalue weighted by Gasteiger charge is 2.30. The quantitative estimate of drug-likeness (QED) is 0.774. The van der Waals surface area contributed by atoms with Crippen LogP contribution in [0.1, 0.15) is 12.5 Å². The lowest BCUT2D eigenvalue weighted by Gasteiger charge is -2.20. The molecule has 1 aromatic rings. The summed E-state index contributed by atoms with van der Waals surface area (Å²) in [5.74, 6) is -1.90. The van der Waals surface area contributed by atoms with E-state index in [9.17, 15) is 18.7 Å². The van der Waals surface area contributed by atoms with Crippen molar-refractivity contribution in [3.8, 4) is 0 Å². The number of carbonyl (C=O) groups is 1. The molecule has 0 aromatic heterocycles. The largest absolute Gasteiger partial charge is 0.467 e. The zero-order chi connectivity index (χ0) is 13.8. The molecule has 0 radical (unpaired) electrons. The second-order valence-corrected chi connectivity index (χ2v) is 4.10. The lowest BCUT2D eigenvalue weighted by Crippen LogP contribution is -2.45. The van der Waals surface area contributed by atoms with Crippen LogP contribution in [-0.2, 0) is 16.1 Å². The maximum Gasteiger partial charge on any atom is 0.338 e. The van der Waals surface area contributed by atoms with E-state index in [1.807, 2.05) is 0 Å². The van der Waals surface area contributed by atoms with Crippen molar-refractivity contribution < 1.29 is 23.4 Å². The number of hydrogen-bond donors (Lipinski definition) is 2. The van der Waals surface area contributed by atoms with Crippen LogP contribution in [0, 0.1) is 11.6 Å². The number of nitrogens with one attached hydrogen (secondary N) is 1. The molecular formula is C12H15F2NO3. The van der Waals surface area contributed by atoms with Crippen LogP contribution in [-0.4, -0.2) is 30.3 Å². The fourth-order valence-corrected chi connectivity index (χ4v) is 1.41. The highest BCUT2D eigenvalue weighted by molar-refractivity contribution is 5.78. The molecule has 0 saturated heterocycles. The molecule has 4 nitrogen and oxygen atoms in total. The third kappa shape index (κ3) is 3.75. The van der Waals surface area contributed by atoms with E-state index in [2.05, 4.69) is 10.1 Å². The SMILES string of the molecule is COC(=O)C(C)(O)CNCc1cc(F)ccc1F. The minimum atomic E-state index is -1.71. The Morgan fingerprint density at radius 2 is 2.17 bits per heavy atom. The standard InChI is InChI=1S/C12H15F2NO3/c1-12(17,11(16)18-2)7-15-6-8-5-9(13)3-4-10(8)14/h3-5,15,17H,6-7H2,1-2H3. The van der Waals surface area contributed by atoms with Gasteiger partial charge in [-0.2, -0.15) is 0 Å². The van der Waals surface area contributed by atoms with E-state index < -0.39 is 23.2 Å². The Labute approximate surface area is 104 Å². The lowest BCUT2D eigenvalue weighted by atomic mass is 10.1. The Hall–Kier alpha value is -1.53. The van der Waals surface area contributed by atoms with E-state index in [0.717, 1.165) is 25.3 Å². The van der Waals surface area contributed by atoms with E-state index in [0.29, 0.717) is 0 Å². The van der Waals surface area contributed by atoms with Gasteiger partial charge in [-0.3, -0.25) is 0 Å². The molecule has 1 unspecified atom stereocenters. The summed E-state index contributed by atoms with van der Waals surface area (Å²) in [6, 6.07) is 3.09. The first-order valence-electron chi connectivity index (χ1n) is 5.32. The van der Waals surface area contributed by atoms with Gasteiger partial charge in [0.1, 0.15) is 11.6 Å². The zero-order valence-electron chi connectivity index (χ0n) is 10.2. The van der Waals surface area contributed by atoms with Gasteiger partial charge in [-0.15, -0.1) is 0 Å². The number of halogens is 2. The van der Waals surface area contributed by atoms with Crippen molar-refractivity contribution in [1.29, 1.82) is 0 Å². The summed E-state index contributed by atoms with van der Waals surface area (Å²) in [5.41, 5.74) is -1.59. The molecule has 1 rings (SSSR count). The van der Waals surface area contributed by atoms with Crippen LogP contribution in [0.5, 0.6) is 0 Å². The van der Waals surface area contributed by atoms with Gasteiger partial charge in [-0.1, -0.05) is 0 Å². The van der Waals surface area contributed by atoms with Crippen molar-refractivity contribution in [1.82, 2.24) is 5.32 Å². The number of esters is 1. The third-order valence-corrected chi connectivity index (χ3v) is 2.42. The number of hydrogen-bond acceptors (Lipinski definition) is 4. The third-order valence-electron chi connectivity index (χ3n) is 2.42. The average molecular weight is 259 g/mol. The first kappa shape index (κ1) is 14.5. The highest BCUT2D eigenvalue weighted by atomic mass is 19.1. The van der Waals surface area contributed by atoms with Gasteiger partial charge in [-0.25, -0.2) is 13.6 Å². The number of aliphatic hydroxyl groups is 1. The summed E-state index contributed by atoms with van der Waals surface area (Å²) in [6.45, 7) is 1.14. The molecule has 0 aliphatic heterocycles. The minimum Gasteiger partial charge on any atom is -0.467 e. The molecule has 100 valence electrons. The maximum absolute atomic E-state index is 13.3. The monoisotopic (exact) mass is 259 g/mol. The van der Waals surface area contributed by atoms with Crippen LogP contribution in [0.4, 0.5) is 8.78 Å². The van der Waals surface area contributed by atoms with Crippen molar-refractivity contribution in [2.75, 3.05) is 13.7 Å². The molecule has 2 N–H and O–H groups in total. The average Bonchev–Trinajstić information content (AvgIpc) is 2.32. The van der Waals surface area contributed by atoms with E-state index in [1.165, 1.54) is 6.92 Å². The summed E-state index contributed by atoms with van der Waals surface area (Å²) in [5, 5.41) is 12.3. The first-order chi connectivity index (χ1) is 8.36. The predicted molar refractivity (Wildman–Crippen MR) is 60.7 cm³/mol. The molecule has 1 aromatic carbocycles. The van der Waals surface area contributed by atoms with Gasteiger partial charge in [-0.05, 0) is 25.1 Å². The normalized spacial score (nSPS) is 14.1. The Morgan fingerprint density at radius 1 is 1.50 bits per heavy atom. The van der Waals surface area contributed by atoms with Gasteiger partial charge in [0.2, 0.25) is 0 Å². The van der Waals surface area contributed by atoms with Crippen LogP contribution in [0.15, 0.2) is 18.2 Å². The van der Waals surface area contributed by atoms with Crippen LogP contribution in [0.25, 0.3) is 0 Å². The lowest BCUT2D eigenvalue weighted by molar-refractivity contribution is -0.159. The minimum absolute atomic E-state index is 0.00324. The Balaban J connectivity index is 2.56. The highest BCUT2D eigenvalue weighted by Crippen LogP contribution is 2.10. The molecular weight excluding hydrogens is 244 g/mol. The number of carbonyl (C=O) groups excluding carboxylic acids is 1. The second kappa shape index (κ2) is 5.88. The van der Waals surface area contributed by atoms with E-state index in [4.69, 9.17) is 0 Å². The molecule has 0 bridgehead atoms. The molecule has 0 fully saturated rings. The van der Waals surface area contributed by atoms with E-state index in [1.54, 1.807) is 0 Å². The molecule has 0 amide bonds. The van der Waals surface area contributed by atoms with Crippen molar-refractivity contribution in [2.45, 2.75) is 19.1 Å². The summed E-state index contributed by atoms with van der Waals surface area (Å²) in [7, 11) is 1.16. The van der Waals surface area contributed by atoms with Gasteiger partial charge in [0.25, 0.3) is 0 Å². The van der Waals surface area contributed by atoms with E-state index in [-0.39, 0.29) is 18.7 Å². The predicted octanol–water partition coefficient (Wildman–Crippen LogP) is 0.978. The Morgan fingerprint density at radius 3 is 2.78 bits per heavy atom. The molecule has 0 aliphatic carbocycles. The van der Waals surface area contributed by atoms with Crippen LogP contribution in [0.3, 0.4) is 0 Å². The first-order valence-corrected chi connectivity index (χ1v) is 5.32. The zero-order valence-corrected chi connectivity index (χ0v) is 10.2. The van der Waals surface area contributed by atoms with Crippen molar-refractivity contribution >= 4 is 5.97 Å². The fraction of sp³-hybridized carbons (Fsp3) is 0.417. The van der Waals surface area contributed by atoms with Crippen molar-refractivity contribution in [3.05, 3.63) is 35.4 Å². The van der Waals surface area contributed by atoms with Crippen molar-refractivity contribution in [2.24, 2.45) is 0 Å². The van der Waals surface area contributed by atoms with Gasteiger partial charge < -0.3 is 15.2 Å². The number of benzene rings is 1. The van der Waals surface area contributed by atoms with Crippen LogP contribution < -0.4 is 5.32 Å². The summed E-state index contributed by atoms with van der Waals surface area (Å²) in [6.07, 6.45) is 0. The molecule has 1 atom stereocenters.